The number of aliphatic hydroxyl groups is 1. The SMILES string of the molecule is Cc1cccc(Cl)c1NCc1c(CO)cnc(C)c1O. The summed E-state index contributed by atoms with van der Waals surface area (Å²) in [6, 6.07) is 5.65. The van der Waals surface area contributed by atoms with Crippen molar-refractivity contribution in [1.82, 2.24) is 4.98 Å². The van der Waals surface area contributed by atoms with Crippen molar-refractivity contribution in [2.24, 2.45) is 0 Å². The quantitative estimate of drug-likeness (QED) is 0.810. The molecule has 2 rings (SSSR count). The average molecular weight is 293 g/mol. The number of anilines is 1. The van der Waals surface area contributed by atoms with Crippen LogP contribution in [-0.2, 0) is 13.2 Å². The zero-order chi connectivity index (χ0) is 14.7. The standard InChI is InChI=1S/C15H17ClN2O2/c1-9-4-3-5-13(16)14(9)18-7-12-11(8-19)6-17-10(2)15(12)20/h3-6,18-20H,7-8H2,1-2H3. The predicted molar refractivity (Wildman–Crippen MR) is 80.1 cm³/mol. The Kier molecular flexibility index (Phi) is 4.47. The van der Waals surface area contributed by atoms with Crippen LogP contribution >= 0.6 is 11.6 Å². The fraction of sp³-hybridized carbons (Fsp3) is 0.267. The number of halogens is 1. The minimum absolute atomic E-state index is 0.105. The third-order valence-corrected chi connectivity index (χ3v) is 3.58. The molecule has 0 aliphatic carbocycles. The lowest BCUT2D eigenvalue weighted by Crippen LogP contribution is -2.06. The van der Waals surface area contributed by atoms with E-state index in [1.54, 1.807) is 13.1 Å². The van der Waals surface area contributed by atoms with Gasteiger partial charge in [0.1, 0.15) is 5.75 Å². The number of nitrogens with one attached hydrogen (secondary N) is 1. The lowest BCUT2D eigenvalue weighted by atomic mass is 10.1. The number of hydrogen-bond donors (Lipinski definition) is 3. The number of aryl methyl sites for hydroxylation is 2. The van der Waals surface area contributed by atoms with E-state index in [0.29, 0.717) is 28.4 Å². The van der Waals surface area contributed by atoms with Crippen LogP contribution in [0.2, 0.25) is 5.02 Å². The summed E-state index contributed by atoms with van der Waals surface area (Å²) in [5.74, 6) is 0.105. The molecule has 5 heteroatoms. The van der Waals surface area contributed by atoms with Gasteiger partial charge < -0.3 is 15.5 Å². The summed E-state index contributed by atoms with van der Waals surface area (Å²) in [6.07, 6.45) is 1.57. The largest absolute Gasteiger partial charge is 0.506 e. The molecular weight excluding hydrogens is 276 g/mol. The number of hydrogen-bond acceptors (Lipinski definition) is 4. The van der Waals surface area contributed by atoms with Crippen molar-refractivity contribution < 1.29 is 10.2 Å². The molecule has 0 spiro atoms. The second kappa shape index (κ2) is 6.11. The van der Waals surface area contributed by atoms with E-state index >= 15 is 0 Å². The van der Waals surface area contributed by atoms with Crippen LogP contribution in [0.5, 0.6) is 5.75 Å². The zero-order valence-corrected chi connectivity index (χ0v) is 12.2. The van der Waals surface area contributed by atoms with Crippen molar-refractivity contribution in [3.8, 4) is 5.75 Å². The summed E-state index contributed by atoms with van der Waals surface area (Å²) >= 11 is 6.15. The Hall–Kier alpha value is -1.78. The van der Waals surface area contributed by atoms with Gasteiger partial charge in [-0.15, -0.1) is 0 Å². The summed E-state index contributed by atoms with van der Waals surface area (Å²) in [5, 5.41) is 23.2. The molecule has 1 aromatic heterocycles. The van der Waals surface area contributed by atoms with Gasteiger partial charge in [0.25, 0.3) is 0 Å². The summed E-state index contributed by atoms with van der Waals surface area (Å²) in [6.45, 7) is 3.88. The maximum atomic E-state index is 10.1. The number of para-hydroxylation sites is 1. The van der Waals surface area contributed by atoms with E-state index in [4.69, 9.17) is 11.6 Å². The van der Waals surface area contributed by atoms with Crippen molar-refractivity contribution in [3.63, 3.8) is 0 Å². The highest BCUT2D eigenvalue weighted by Crippen LogP contribution is 2.29. The lowest BCUT2D eigenvalue weighted by Gasteiger charge is -2.15. The number of aromatic nitrogens is 1. The number of rotatable bonds is 4. The van der Waals surface area contributed by atoms with Gasteiger partial charge >= 0.3 is 0 Å². The van der Waals surface area contributed by atoms with Gasteiger partial charge in [-0.2, -0.15) is 0 Å². The molecule has 0 fully saturated rings. The molecule has 4 nitrogen and oxygen atoms in total. The van der Waals surface area contributed by atoms with E-state index in [1.165, 1.54) is 0 Å². The molecule has 0 unspecified atom stereocenters. The molecule has 0 radical (unpaired) electrons. The molecule has 0 saturated carbocycles. The second-order valence-corrected chi connectivity index (χ2v) is 5.05. The van der Waals surface area contributed by atoms with Gasteiger partial charge in [-0.25, -0.2) is 0 Å². The van der Waals surface area contributed by atoms with E-state index in [1.807, 2.05) is 25.1 Å². The number of aliphatic hydroxyl groups excluding tert-OH is 1. The molecular formula is C15H17ClN2O2. The van der Waals surface area contributed by atoms with E-state index in [2.05, 4.69) is 10.3 Å². The fourth-order valence-electron chi connectivity index (χ4n) is 2.05. The van der Waals surface area contributed by atoms with E-state index < -0.39 is 0 Å². The molecule has 1 aromatic carbocycles. The third-order valence-electron chi connectivity index (χ3n) is 3.26. The van der Waals surface area contributed by atoms with E-state index in [9.17, 15) is 10.2 Å². The Morgan fingerprint density at radius 2 is 2.05 bits per heavy atom. The molecule has 2 aromatic rings. The minimum atomic E-state index is -0.167. The molecule has 0 aliphatic heterocycles. The Morgan fingerprint density at radius 1 is 1.30 bits per heavy atom. The van der Waals surface area contributed by atoms with Crippen LogP contribution in [0.3, 0.4) is 0 Å². The Morgan fingerprint density at radius 3 is 2.70 bits per heavy atom. The van der Waals surface area contributed by atoms with Crippen LogP contribution in [0.15, 0.2) is 24.4 Å². The van der Waals surface area contributed by atoms with Crippen molar-refractivity contribution in [1.29, 1.82) is 0 Å². The molecule has 20 heavy (non-hydrogen) atoms. The highest BCUT2D eigenvalue weighted by molar-refractivity contribution is 6.33. The first kappa shape index (κ1) is 14.6. The fourth-order valence-corrected chi connectivity index (χ4v) is 2.34. The molecule has 0 bridgehead atoms. The van der Waals surface area contributed by atoms with Crippen LogP contribution in [0, 0.1) is 13.8 Å². The molecule has 0 amide bonds. The Bertz CT molecular complexity index is 609. The van der Waals surface area contributed by atoms with Crippen LogP contribution in [0.4, 0.5) is 5.69 Å². The minimum Gasteiger partial charge on any atom is -0.506 e. The van der Waals surface area contributed by atoms with Crippen molar-refractivity contribution >= 4 is 17.3 Å². The third kappa shape index (κ3) is 2.86. The van der Waals surface area contributed by atoms with Gasteiger partial charge in [-0.05, 0) is 25.5 Å². The van der Waals surface area contributed by atoms with Crippen LogP contribution in [0.1, 0.15) is 22.4 Å². The van der Waals surface area contributed by atoms with Gasteiger partial charge in [0, 0.05) is 23.9 Å². The summed E-state index contributed by atoms with van der Waals surface area (Å²) in [4.78, 5) is 4.04. The van der Waals surface area contributed by atoms with E-state index in [-0.39, 0.29) is 12.4 Å². The molecule has 1 heterocycles. The van der Waals surface area contributed by atoms with Gasteiger partial charge in [-0.3, -0.25) is 4.98 Å². The number of aromatic hydroxyl groups is 1. The summed E-state index contributed by atoms with van der Waals surface area (Å²) in [7, 11) is 0. The average Bonchev–Trinajstić information content (AvgIpc) is 2.42. The van der Waals surface area contributed by atoms with Crippen LogP contribution in [-0.4, -0.2) is 15.2 Å². The van der Waals surface area contributed by atoms with Gasteiger partial charge in [0.15, 0.2) is 0 Å². The Balaban J connectivity index is 2.29. The van der Waals surface area contributed by atoms with Crippen LogP contribution in [0.25, 0.3) is 0 Å². The maximum absolute atomic E-state index is 10.1. The smallest absolute Gasteiger partial charge is 0.142 e. The highest BCUT2D eigenvalue weighted by atomic mass is 35.5. The molecule has 0 saturated heterocycles. The van der Waals surface area contributed by atoms with Crippen molar-refractivity contribution in [2.75, 3.05) is 5.32 Å². The lowest BCUT2D eigenvalue weighted by molar-refractivity contribution is 0.279. The van der Waals surface area contributed by atoms with Crippen molar-refractivity contribution in [2.45, 2.75) is 27.0 Å². The summed E-state index contributed by atoms with van der Waals surface area (Å²) in [5.41, 5.74) is 3.62. The summed E-state index contributed by atoms with van der Waals surface area (Å²) < 4.78 is 0. The predicted octanol–water partition coefficient (Wildman–Crippen LogP) is 3.16. The van der Waals surface area contributed by atoms with E-state index in [0.717, 1.165) is 11.3 Å². The normalized spacial score (nSPS) is 10.6. The number of pyridine rings is 1. The first-order chi connectivity index (χ1) is 9.54. The van der Waals surface area contributed by atoms with Gasteiger partial charge in [0.2, 0.25) is 0 Å². The van der Waals surface area contributed by atoms with Gasteiger partial charge in [-0.1, -0.05) is 23.7 Å². The second-order valence-electron chi connectivity index (χ2n) is 4.64. The first-order valence-corrected chi connectivity index (χ1v) is 6.68. The Labute approximate surface area is 123 Å². The monoisotopic (exact) mass is 292 g/mol. The van der Waals surface area contributed by atoms with Gasteiger partial charge in [0.05, 0.1) is 23.0 Å². The maximum Gasteiger partial charge on any atom is 0.142 e. The van der Waals surface area contributed by atoms with Crippen LogP contribution < -0.4 is 5.32 Å². The molecule has 106 valence electrons. The number of nitrogens with zero attached hydrogens (tertiary/aromatic N) is 1. The number of benzene rings is 1. The molecule has 0 atom stereocenters. The first-order valence-electron chi connectivity index (χ1n) is 6.30. The molecule has 3 N–H and O–H groups in total. The zero-order valence-electron chi connectivity index (χ0n) is 11.4. The highest BCUT2D eigenvalue weighted by Gasteiger charge is 2.12. The topological polar surface area (TPSA) is 65.4 Å². The van der Waals surface area contributed by atoms with Crippen molar-refractivity contribution in [3.05, 3.63) is 51.8 Å². The molecule has 0 aliphatic rings.